The lowest BCUT2D eigenvalue weighted by Crippen LogP contribution is -2.53. The van der Waals surface area contributed by atoms with Crippen molar-refractivity contribution in [3.8, 4) is 0 Å². The Kier molecular flexibility index (Phi) is 9.70. The van der Waals surface area contributed by atoms with Crippen molar-refractivity contribution < 1.29 is 14.3 Å². The van der Waals surface area contributed by atoms with Crippen LogP contribution in [0.5, 0.6) is 0 Å². The number of ether oxygens (including phenoxy) is 1. The molecule has 0 aromatic heterocycles. The average molecular weight is 410 g/mol. The summed E-state index contributed by atoms with van der Waals surface area (Å²) in [5.74, 6) is 1.47. The molecule has 2 atom stereocenters. The first-order chi connectivity index (χ1) is 13.9. The van der Waals surface area contributed by atoms with Gasteiger partial charge in [-0.1, -0.05) is 19.8 Å². The molecule has 2 amide bonds. The van der Waals surface area contributed by atoms with Crippen LogP contribution >= 0.6 is 0 Å². The Morgan fingerprint density at radius 2 is 1.79 bits per heavy atom. The Bertz CT molecular complexity index is 559. The summed E-state index contributed by atoms with van der Waals surface area (Å²) in [6.07, 6.45) is 7.07. The molecule has 2 fully saturated rings. The van der Waals surface area contributed by atoms with Gasteiger partial charge in [-0.15, -0.1) is 0 Å². The predicted molar refractivity (Wildman–Crippen MR) is 115 cm³/mol. The van der Waals surface area contributed by atoms with Gasteiger partial charge in [-0.2, -0.15) is 0 Å². The third-order valence-electron chi connectivity index (χ3n) is 6.01. The number of piperidine rings is 1. The number of nitrogens with one attached hydrogen (secondary N) is 2. The Morgan fingerprint density at radius 1 is 1.10 bits per heavy atom. The zero-order valence-corrected chi connectivity index (χ0v) is 18.6. The SMILES string of the molecule is COCCC(=O)N1CCC(NC(=NCC(=O)N(C)C)NC2CCCCC2C)CC1. The van der Waals surface area contributed by atoms with E-state index in [0.717, 1.165) is 38.3 Å². The molecule has 1 saturated carbocycles. The normalized spacial score (nSPS) is 23.6. The van der Waals surface area contributed by atoms with Crippen molar-refractivity contribution in [3.05, 3.63) is 0 Å². The number of aliphatic imine (C=N–C) groups is 1. The topological polar surface area (TPSA) is 86.3 Å². The zero-order valence-electron chi connectivity index (χ0n) is 18.6. The number of likely N-dealkylation sites (N-methyl/N-ethyl adjacent to an activating group) is 1. The van der Waals surface area contributed by atoms with Gasteiger partial charge < -0.3 is 25.2 Å². The van der Waals surface area contributed by atoms with E-state index in [1.54, 1.807) is 26.1 Å². The molecule has 0 radical (unpaired) electrons. The van der Waals surface area contributed by atoms with Crippen LogP contribution in [0.25, 0.3) is 0 Å². The number of likely N-dealkylation sites (tertiary alicyclic amines) is 1. The van der Waals surface area contributed by atoms with Crippen LogP contribution < -0.4 is 10.6 Å². The lowest BCUT2D eigenvalue weighted by atomic mass is 9.86. The monoisotopic (exact) mass is 409 g/mol. The number of hydrogen-bond donors (Lipinski definition) is 2. The van der Waals surface area contributed by atoms with Crippen molar-refractivity contribution in [2.24, 2.45) is 10.9 Å². The Morgan fingerprint density at radius 3 is 2.41 bits per heavy atom. The molecule has 29 heavy (non-hydrogen) atoms. The van der Waals surface area contributed by atoms with Crippen LogP contribution in [0.15, 0.2) is 4.99 Å². The molecule has 2 N–H and O–H groups in total. The molecule has 0 aromatic carbocycles. The van der Waals surface area contributed by atoms with Crippen LogP contribution in [0, 0.1) is 5.92 Å². The molecule has 2 rings (SSSR count). The molecular formula is C21H39N5O3. The molecule has 2 aliphatic rings. The summed E-state index contributed by atoms with van der Waals surface area (Å²) >= 11 is 0. The highest BCUT2D eigenvalue weighted by atomic mass is 16.5. The van der Waals surface area contributed by atoms with Gasteiger partial charge in [0.2, 0.25) is 11.8 Å². The van der Waals surface area contributed by atoms with E-state index in [9.17, 15) is 9.59 Å². The maximum Gasteiger partial charge on any atom is 0.243 e. The van der Waals surface area contributed by atoms with Gasteiger partial charge in [0, 0.05) is 46.4 Å². The maximum atomic E-state index is 12.2. The van der Waals surface area contributed by atoms with E-state index in [0.29, 0.717) is 25.0 Å². The predicted octanol–water partition coefficient (Wildman–Crippen LogP) is 1.22. The fraction of sp³-hybridized carbons (Fsp3) is 0.857. The minimum Gasteiger partial charge on any atom is -0.384 e. The number of carbonyl (C=O) groups excluding carboxylic acids is 2. The quantitative estimate of drug-likeness (QED) is 0.488. The number of hydrogen-bond acceptors (Lipinski definition) is 4. The maximum absolute atomic E-state index is 12.2. The van der Waals surface area contributed by atoms with Gasteiger partial charge in [0.15, 0.2) is 5.96 Å². The summed E-state index contributed by atoms with van der Waals surface area (Å²) in [6, 6.07) is 0.640. The Balaban J connectivity index is 1.92. The number of rotatable bonds is 7. The molecule has 166 valence electrons. The number of guanidine groups is 1. The molecule has 8 heteroatoms. The summed E-state index contributed by atoms with van der Waals surface area (Å²) in [5, 5.41) is 7.11. The smallest absolute Gasteiger partial charge is 0.243 e. The number of methoxy groups -OCH3 is 1. The van der Waals surface area contributed by atoms with Crippen LogP contribution in [-0.4, -0.2) is 87.1 Å². The van der Waals surface area contributed by atoms with E-state index >= 15 is 0 Å². The summed E-state index contributed by atoms with van der Waals surface area (Å²) in [4.78, 5) is 32.2. The highest BCUT2D eigenvalue weighted by Gasteiger charge is 2.26. The van der Waals surface area contributed by atoms with Crippen molar-refractivity contribution in [1.29, 1.82) is 0 Å². The van der Waals surface area contributed by atoms with Crippen molar-refractivity contribution in [1.82, 2.24) is 20.4 Å². The second kappa shape index (κ2) is 12.0. The first-order valence-corrected chi connectivity index (χ1v) is 10.9. The van der Waals surface area contributed by atoms with E-state index < -0.39 is 0 Å². The third kappa shape index (κ3) is 7.84. The number of amides is 2. The van der Waals surface area contributed by atoms with E-state index in [4.69, 9.17) is 4.74 Å². The van der Waals surface area contributed by atoms with Gasteiger partial charge in [-0.3, -0.25) is 9.59 Å². The first-order valence-electron chi connectivity index (χ1n) is 10.9. The molecule has 8 nitrogen and oxygen atoms in total. The highest BCUT2D eigenvalue weighted by molar-refractivity contribution is 5.85. The molecule has 1 aliphatic heterocycles. The second-order valence-corrected chi connectivity index (χ2v) is 8.51. The molecule has 0 bridgehead atoms. The van der Waals surface area contributed by atoms with Gasteiger partial charge in [0.25, 0.3) is 0 Å². The Hall–Kier alpha value is -1.83. The average Bonchev–Trinajstić information content (AvgIpc) is 2.72. The van der Waals surface area contributed by atoms with Crippen LogP contribution in [0.4, 0.5) is 0 Å². The van der Waals surface area contributed by atoms with Crippen LogP contribution in [0.2, 0.25) is 0 Å². The summed E-state index contributed by atoms with van der Waals surface area (Å²) in [5.41, 5.74) is 0. The van der Waals surface area contributed by atoms with Gasteiger partial charge in [0.1, 0.15) is 6.54 Å². The molecule has 1 aliphatic carbocycles. The largest absolute Gasteiger partial charge is 0.384 e. The Labute approximate surface area is 175 Å². The van der Waals surface area contributed by atoms with Crippen molar-refractivity contribution in [2.45, 2.75) is 64.0 Å². The minimum absolute atomic E-state index is 0.0126. The molecule has 1 saturated heterocycles. The van der Waals surface area contributed by atoms with Crippen LogP contribution in [0.1, 0.15) is 51.9 Å². The third-order valence-corrected chi connectivity index (χ3v) is 6.01. The van der Waals surface area contributed by atoms with Crippen molar-refractivity contribution in [3.63, 3.8) is 0 Å². The molecule has 2 unspecified atom stereocenters. The summed E-state index contributed by atoms with van der Waals surface area (Å²) in [6.45, 7) is 4.37. The molecule has 0 spiro atoms. The standard InChI is InChI=1S/C21H39N5O3/c1-16-7-5-6-8-18(16)24-21(22-15-20(28)25(2)3)23-17-9-12-26(13-10-17)19(27)11-14-29-4/h16-18H,5-15H2,1-4H3,(H2,22,23,24). The van der Waals surface area contributed by atoms with Gasteiger partial charge >= 0.3 is 0 Å². The lowest BCUT2D eigenvalue weighted by Gasteiger charge is -2.35. The highest BCUT2D eigenvalue weighted by Crippen LogP contribution is 2.23. The molecule has 1 heterocycles. The van der Waals surface area contributed by atoms with Gasteiger partial charge in [0.05, 0.1) is 13.0 Å². The molecule has 0 aromatic rings. The van der Waals surface area contributed by atoms with E-state index in [1.807, 2.05) is 4.90 Å². The summed E-state index contributed by atoms with van der Waals surface area (Å²) in [7, 11) is 5.11. The fourth-order valence-electron chi connectivity index (χ4n) is 3.94. The van der Waals surface area contributed by atoms with Crippen molar-refractivity contribution >= 4 is 17.8 Å². The van der Waals surface area contributed by atoms with Crippen LogP contribution in [0.3, 0.4) is 0 Å². The molecular weight excluding hydrogens is 370 g/mol. The first kappa shape index (κ1) is 23.4. The van der Waals surface area contributed by atoms with E-state index in [2.05, 4.69) is 22.5 Å². The lowest BCUT2D eigenvalue weighted by molar-refractivity contribution is -0.133. The van der Waals surface area contributed by atoms with Gasteiger partial charge in [-0.05, 0) is 31.6 Å². The number of carbonyl (C=O) groups is 2. The fourth-order valence-corrected chi connectivity index (χ4v) is 3.94. The zero-order chi connectivity index (χ0) is 21.2. The van der Waals surface area contributed by atoms with Gasteiger partial charge in [-0.25, -0.2) is 4.99 Å². The summed E-state index contributed by atoms with van der Waals surface area (Å²) < 4.78 is 5.01. The minimum atomic E-state index is -0.0126. The second-order valence-electron chi connectivity index (χ2n) is 8.51. The van der Waals surface area contributed by atoms with Crippen molar-refractivity contribution in [2.75, 3.05) is 47.4 Å². The van der Waals surface area contributed by atoms with Crippen LogP contribution in [-0.2, 0) is 14.3 Å². The van der Waals surface area contributed by atoms with E-state index in [-0.39, 0.29) is 24.4 Å². The number of nitrogens with zero attached hydrogens (tertiary/aromatic N) is 3. The van der Waals surface area contributed by atoms with E-state index in [1.165, 1.54) is 19.3 Å².